The standard InChI is InChI=1S/C24H25F3N2O3/c25-24(26,27)19-5-1-18(2-6-19)23(31)29-13-11-16(12-14-29)15-32-21-9-3-17(4-10-21)22(30)28-20-7-8-20/h1-6,9-10,16,20H,7-8,11-15H2,(H,28,30). The number of halogens is 3. The number of ether oxygens (including phenoxy) is 1. The summed E-state index contributed by atoms with van der Waals surface area (Å²) in [6.45, 7) is 1.58. The third kappa shape index (κ3) is 5.60. The zero-order chi connectivity index (χ0) is 22.7. The molecule has 4 rings (SSSR count). The normalized spacial score (nSPS) is 17.2. The molecule has 2 aromatic carbocycles. The third-order valence-electron chi connectivity index (χ3n) is 5.88. The van der Waals surface area contributed by atoms with Gasteiger partial charge >= 0.3 is 6.18 Å². The molecule has 2 aromatic rings. The largest absolute Gasteiger partial charge is 0.493 e. The van der Waals surface area contributed by atoms with Crippen molar-refractivity contribution >= 4 is 11.8 Å². The number of likely N-dealkylation sites (tertiary alicyclic amines) is 1. The van der Waals surface area contributed by atoms with Gasteiger partial charge in [0.1, 0.15) is 5.75 Å². The van der Waals surface area contributed by atoms with E-state index in [2.05, 4.69) is 5.32 Å². The SMILES string of the molecule is O=C(NC1CC1)c1ccc(OCC2CCN(C(=O)c3ccc(C(F)(F)F)cc3)CC2)cc1. The van der Waals surface area contributed by atoms with Crippen molar-refractivity contribution in [1.29, 1.82) is 0 Å². The fourth-order valence-electron chi connectivity index (χ4n) is 3.70. The smallest absolute Gasteiger partial charge is 0.416 e. The molecule has 1 saturated heterocycles. The Kier molecular flexibility index (Phi) is 6.39. The minimum absolute atomic E-state index is 0.0656. The molecule has 0 unspecified atom stereocenters. The number of hydrogen-bond acceptors (Lipinski definition) is 3. The summed E-state index contributed by atoms with van der Waals surface area (Å²) in [4.78, 5) is 26.3. The van der Waals surface area contributed by atoms with E-state index in [1.54, 1.807) is 29.2 Å². The summed E-state index contributed by atoms with van der Waals surface area (Å²) in [6, 6.07) is 11.7. The molecular formula is C24H25F3N2O3. The number of carbonyl (C=O) groups is 2. The number of nitrogens with one attached hydrogen (secondary N) is 1. The molecule has 1 aliphatic heterocycles. The molecule has 8 heteroatoms. The number of piperidine rings is 1. The minimum atomic E-state index is -4.41. The van der Waals surface area contributed by atoms with Gasteiger partial charge in [-0.05, 0) is 80.1 Å². The molecule has 0 atom stereocenters. The molecule has 2 amide bonds. The van der Waals surface area contributed by atoms with Crippen LogP contribution in [-0.2, 0) is 6.18 Å². The Hall–Kier alpha value is -3.03. The number of nitrogens with zero attached hydrogens (tertiary/aromatic N) is 1. The minimum Gasteiger partial charge on any atom is -0.493 e. The molecule has 2 aliphatic rings. The Morgan fingerprint density at radius 3 is 2.06 bits per heavy atom. The quantitative estimate of drug-likeness (QED) is 0.710. The highest BCUT2D eigenvalue weighted by atomic mass is 19.4. The Balaban J connectivity index is 1.22. The van der Waals surface area contributed by atoms with Crippen molar-refractivity contribution in [3.05, 3.63) is 65.2 Å². The summed E-state index contributed by atoms with van der Waals surface area (Å²) in [5, 5.41) is 2.95. The van der Waals surface area contributed by atoms with Gasteiger partial charge < -0.3 is 15.0 Å². The van der Waals surface area contributed by atoms with Crippen LogP contribution in [0.4, 0.5) is 13.2 Å². The maximum absolute atomic E-state index is 12.7. The fourth-order valence-corrected chi connectivity index (χ4v) is 3.70. The second kappa shape index (κ2) is 9.22. The second-order valence-electron chi connectivity index (χ2n) is 8.39. The van der Waals surface area contributed by atoms with Crippen LogP contribution in [0.2, 0.25) is 0 Å². The van der Waals surface area contributed by atoms with E-state index in [0.717, 1.165) is 37.8 Å². The predicted octanol–water partition coefficient (Wildman–Crippen LogP) is 4.53. The Labute approximate surface area is 184 Å². The number of hydrogen-bond donors (Lipinski definition) is 1. The Morgan fingerprint density at radius 2 is 1.50 bits per heavy atom. The molecule has 2 fully saturated rings. The zero-order valence-corrected chi connectivity index (χ0v) is 17.5. The van der Waals surface area contributed by atoms with Crippen LogP contribution in [0.5, 0.6) is 5.75 Å². The van der Waals surface area contributed by atoms with Gasteiger partial charge in [0, 0.05) is 30.3 Å². The van der Waals surface area contributed by atoms with Crippen LogP contribution >= 0.6 is 0 Å². The van der Waals surface area contributed by atoms with E-state index in [1.807, 2.05) is 0 Å². The van der Waals surface area contributed by atoms with Crippen LogP contribution in [-0.4, -0.2) is 42.5 Å². The van der Waals surface area contributed by atoms with Crippen LogP contribution in [0.25, 0.3) is 0 Å². The number of amides is 2. The lowest BCUT2D eigenvalue weighted by molar-refractivity contribution is -0.137. The van der Waals surface area contributed by atoms with Gasteiger partial charge in [-0.3, -0.25) is 9.59 Å². The lowest BCUT2D eigenvalue weighted by Crippen LogP contribution is -2.39. The van der Waals surface area contributed by atoms with Crippen LogP contribution in [0, 0.1) is 5.92 Å². The molecule has 0 spiro atoms. The molecule has 1 N–H and O–H groups in total. The highest BCUT2D eigenvalue weighted by Crippen LogP contribution is 2.29. The zero-order valence-electron chi connectivity index (χ0n) is 17.5. The van der Waals surface area contributed by atoms with Gasteiger partial charge in [0.2, 0.25) is 0 Å². The lowest BCUT2D eigenvalue weighted by atomic mass is 9.97. The van der Waals surface area contributed by atoms with E-state index in [0.29, 0.717) is 37.1 Å². The van der Waals surface area contributed by atoms with Crippen molar-refractivity contribution in [1.82, 2.24) is 10.2 Å². The molecule has 0 aromatic heterocycles. The van der Waals surface area contributed by atoms with E-state index in [4.69, 9.17) is 4.74 Å². The van der Waals surface area contributed by atoms with E-state index >= 15 is 0 Å². The first-order valence-corrected chi connectivity index (χ1v) is 10.8. The Bertz CT molecular complexity index is 946. The van der Waals surface area contributed by atoms with Crippen molar-refractivity contribution in [2.45, 2.75) is 37.9 Å². The summed E-state index contributed by atoms with van der Waals surface area (Å²) < 4.78 is 43.9. The molecule has 0 bridgehead atoms. The summed E-state index contributed by atoms with van der Waals surface area (Å²) in [7, 11) is 0. The van der Waals surface area contributed by atoms with Crippen molar-refractivity contribution in [2.75, 3.05) is 19.7 Å². The first-order valence-electron chi connectivity index (χ1n) is 10.8. The van der Waals surface area contributed by atoms with E-state index in [1.165, 1.54) is 12.1 Å². The molecule has 0 radical (unpaired) electrons. The summed E-state index contributed by atoms with van der Waals surface area (Å²) >= 11 is 0. The van der Waals surface area contributed by atoms with Crippen LogP contribution in [0.15, 0.2) is 48.5 Å². The molecule has 5 nitrogen and oxygen atoms in total. The fraction of sp³-hybridized carbons (Fsp3) is 0.417. The number of carbonyl (C=O) groups excluding carboxylic acids is 2. The van der Waals surface area contributed by atoms with Crippen LogP contribution < -0.4 is 10.1 Å². The average molecular weight is 446 g/mol. The number of rotatable bonds is 6. The number of benzene rings is 2. The molecule has 32 heavy (non-hydrogen) atoms. The van der Waals surface area contributed by atoms with Gasteiger partial charge in [0.15, 0.2) is 0 Å². The van der Waals surface area contributed by atoms with Crippen molar-refractivity contribution in [2.24, 2.45) is 5.92 Å². The second-order valence-corrected chi connectivity index (χ2v) is 8.39. The monoisotopic (exact) mass is 446 g/mol. The summed E-state index contributed by atoms with van der Waals surface area (Å²) in [5.41, 5.74) is 0.110. The van der Waals surface area contributed by atoms with Crippen LogP contribution in [0.3, 0.4) is 0 Å². The van der Waals surface area contributed by atoms with Gasteiger partial charge in [-0.1, -0.05) is 0 Å². The maximum Gasteiger partial charge on any atom is 0.416 e. The van der Waals surface area contributed by atoms with Gasteiger partial charge in [0.05, 0.1) is 12.2 Å². The van der Waals surface area contributed by atoms with Gasteiger partial charge in [0.25, 0.3) is 11.8 Å². The highest BCUT2D eigenvalue weighted by molar-refractivity contribution is 5.95. The maximum atomic E-state index is 12.7. The van der Waals surface area contributed by atoms with Crippen LogP contribution in [0.1, 0.15) is 52.0 Å². The van der Waals surface area contributed by atoms with Gasteiger partial charge in [-0.2, -0.15) is 13.2 Å². The summed E-state index contributed by atoms with van der Waals surface area (Å²) in [6.07, 6.45) is -0.810. The predicted molar refractivity (Wildman–Crippen MR) is 112 cm³/mol. The topological polar surface area (TPSA) is 58.6 Å². The Morgan fingerprint density at radius 1 is 0.906 bits per heavy atom. The molecule has 170 valence electrons. The van der Waals surface area contributed by atoms with Gasteiger partial charge in [-0.15, -0.1) is 0 Å². The molecule has 1 heterocycles. The van der Waals surface area contributed by atoms with E-state index in [-0.39, 0.29) is 23.3 Å². The van der Waals surface area contributed by atoms with Crippen molar-refractivity contribution < 1.29 is 27.5 Å². The first-order chi connectivity index (χ1) is 15.3. The molecular weight excluding hydrogens is 421 g/mol. The van der Waals surface area contributed by atoms with E-state index in [9.17, 15) is 22.8 Å². The average Bonchev–Trinajstić information content (AvgIpc) is 3.61. The third-order valence-corrected chi connectivity index (χ3v) is 5.88. The van der Waals surface area contributed by atoms with Crippen molar-refractivity contribution in [3.8, 4) is 5.75 Å². The lowest BCUT2D eigenvalue weighted by Gasteiger charge is -2.32. The molecule has 1 aliphatic carbocycles. The van der Waals surface area contributed by atoms with E-state index < -0.39 is 11.7 Å². The first kappa shape index (κ1) is 22.2. The van der Waals surface area contributed by atoms with Gasteiger partial charge in [-0.25, -0.2) is 0 Å². The van der Waals surface area contributed by atoms with Crippen molar-refractivity contribution in [3.63, 3.8) is 0 Å². The summed E-state index contributed by atoms with van der Waals surface area (Å²) in [5.74, 6) is 0.656. The molecule has 1 saturated carbocycles. The number of alkyl halides is 3. The highest BCUT2D eigenvalue weighted by Gasteiger charge is 2.31.